The Kier molecular flexibility index (Phi) is 4.44. The third-order valence-corrected chi connectivity index (χ3v) is 5.39. The van der Waals surface area contributed by atoms with Crippen LogP contribution in [0.15, 0.2) is 12.4 Å². The minimum atomic E-state index is -3.22. The van der Waals surface area contributed by atoms with Gasteiger partial charge in [0.2, 0.25) is 21.8 Å². The Morgan fingerprint density at radius 1 is 1.35 bits per heavy atom. The number of rotatable bonds is 5. The first-order valence-electron chi connectivity index (χ1n) is 6.45. The lowest BCUT2D eigenvalue weighted by Gasteiger charge is -2.19. The van der Waals surface area contributed by atoms with E-state index in [2.05, 4.69) is 9.97 Å². The van der Waals surface area contributed by atoms with Gasteiger partial charge in [0.1, 0.15) is 6.10 Å². The van der Waals surface area contributed by atoms with E-state index < -0.39 is 15.3 Å². The quantitative estimate of drug-likeness (QED) is 0.795. The number of hydrogen-bond donors (Lipinski definition) is 0. The van der Waals surface area contributed by atoms with E-state index in [0.29, 0.717) is 31.3 Å². The highest BCUT2D eigenvalue weighted by Crippen LogP contribution is 2.21. The number of aromatic nitrogens is 2. The molecule has 0 N–H and O–H groups in total. The zero-order valence-corrected chi connectivity index (χ0v) is 12.6. The lowest BCUT2D eigenvalue weighted by Crippen LogP contribution is -2.35. The minimum absolute atomic E-state index is 0.204. The summed E-state index contributed by atoms with van der Waals surface area (Å²) in [4.78, 5) is 8.05. The van der Waals surface area contributed by atoms with Gasteiger partial charge in [0.05, 0.1) is 31.3 Å². The van der Waals surface area contributed by atoms with E-state index in [-0.39, 0.29) is 6.10 Å². The predicted octanol–water partition coefficient (Wildman–Crippen LogP) is 0.676. The molecule has 1 aliphatic heterocycles. The third kappa shape index (κ3) is 3.18. The average Bonchev–Trinajstić information content (AvgIpc) is 2.88. The van der Waals surface area contributed by atoms with Crippen LogP contribution in [0.1, 0.15) is 20.3 Å². The summed E-state index contributed by atoms with van der Waals surface area (Å²) in [5.74, 6) is 0.713. The molecule has 1 atom stereocenters. The van der Waals surface area contributed by atoms with E-state index in [0.717, 1.165) is 0 Å². The maximum Gasteiger partial charge on any atom is 0.235 e. The van der Waals surface area contributed by atoms with E-state index >= 15 is 0 Å². The molecule has 8 heteroatoms. The molecule has 7 nitrogen and oxygen atoms in total. The number of methoxy groups -OCH3 is 1. The molecular formula is C12H19N3O4S. The van der Waals surface area contributed by atoms with Gasteiger partial charge >= 0.3 is 0 Å². The van der Waals surface area contributed by atoms with Crippen molar-refractivity contribution in [1.29, 1.82) is 0 Å². The minimum Gasteiger partial charge on any atom is -0.480 e. The van der Waals surface area contributed by atoms with Crippen molar-refractivity contribution in [3.63, 3.8) is 0 Å². The molecule has 0 amide bonds. The number of ether oxygens (including phenoxy) is 2. The van der Waals surface area contributed by atoms with Crippen molar-refractivity contribution in [2.75, 3.05) is 20.2 Å². The van der Waals surface area contributed by atoms with Crippen LogP contribution in [0.3, 0.4) is 0 Å². The van der Waals surface area contributed by atoms with Gasteiger partial charge in [-0.3, -0.25) is 4.98 Å². The SMILES string of the molecule is COc1cncc(OC2CCN(S(=O)(=O)C(C)C)C2)n1. The Balaban J connectivity index is 2.00. The molecule has 1 saturated heterocycles. The highest BCUT2D eigenvalue weighted by atomic mass is 32.2. The molecule has 2 rings (SSSR count). The van der Waals surface area contributed by atoms with E-state index in [1.807, 2.05) is 0 Å². The number of nitrogens with zero attached hydrogens (tertiary/aromatic N) is 3. The second-order valence-electron chi connectivity index (χ2n) is 4.88. The zero-order valence-electron chi connectivity index (χ0n) is 11.8. The van der Waals surface area contributed by atoms with Crippen LogP contribution in [0, 0.1) is 0 Å². The molecule has 1 aromatic heterocycles. The highest BCUT2D eigenvalue weighted by molar-refractivity contribution is 7.89. The first-order valence-corrected chi connectivity index (χ1v) is 7.95. The molecule has 1 fully saturated rings. The number of hydrogen-bond acceptors (Lipinski definition) is 6. The van der Waals surface area contributed by atoms with Crippen LogP contribution in [0.5, 0.6) is 11.8 Å². The van der Waals surface area contributed by atoms with Crippen LogP contribution in [-0.4, -0.2) is 54.2 Å². The fourth-order valence-electron chi connectivity index (χ4n) is 1.98. The first kappa shape index (κ1) is 15.0. The molecule has 0 spiro atoms. The summed E-state index contributed by atoms with van der Waals surface area (Å²) in [5, 5.41) is -0.419. The van der Waals surface area contributed by atoms with Gasteiger partial charge in [-0.15, -0.1) is 0 Å². The van der Waals surface area contributed by atoms with Gasteiger partial charge in [0.15, 0.2) is 0 Å². The molecule has 20 heavy (non-hydrogen) atoms. The number of sulfonamides is 1. The van der Waals surface area contributed by atoms with Crippen LogP contribution in [0.25, 0.3) is 0 Å². The zero-order chi connectivity index (χ0) is 14.8. The van der Waals surface area contributed by atoms with Gasteiger partial charge in [-0.1, -0.05) is 0 Å². The van der Waals surface area contributed by atoms with Gasteiger partial charge < -0.3 is 9.47 Å². The lowest BCUT2D eigenvalue weighted by atomic mass is 10.3. The maximum absolute atomic E-state index is 12.1. The van der Waals surface area contributed by atoms with Crippen molar-refractivity contribution in [3.05, 3.63) is 12.4 Å². The highest BCUT2D eigenvalue weighted by Gasteiger charge is 2.34. The third-order valence-electron chi connectivity index (χ3n) is 3.15. The molecule has 112 valence electrons. The van der Waals surface area contributed by atoms with Gasteiger partial charge in [-0.2, -0.15) is 9.29 Å². The molecule has 1 aliphatic rings. The van der Waals surface area contributed by atoms with Crippen LogP contribution in [0.4, 0.5) is 0 Å². The fraction of sp³-hybridized carbons (Fsp3) is 0.667. The summed E-state index contributed by atoms with van der Waals surface area (Å²) < 4.78 is 36.2. The fourth-order valence-corrected chi connectivity index (χ4v) is 3.31. The Morgan fingerprint density at radius 2 is 2.05 bits per heavy atom. The van der Waals surface area contributed by atoms with Crippen molar-refractivity contribution in [3.8, 4) is 11.8 Å². The molecule has 0 aromatic carbocycles. The van der Waals surface area contributed by atoms with Crippen LogP contribution < -0.4 is 9.47 Å². The van der Waals surface area contributed by atoms with Crippen LogP contribution >= 0.6 is 0 Å². The van der Waals surface area contributed by atoms with E-state index in [9.17, 15) is 8.42 Å². The van der Waals surface area contributed by atoms with Gasteiger partial charge in [0.25, 0.3) is 0 Å². The maximum atomic E-state index is 12.1. The molecular weight excluding hydrogens is 282 g/mol. The molecule has 0 radical (unpaired) electrons. The largest absolute Gasteiger partial charge is 0.480 e. The first-order chi connectivity index (χ1) is 9.43. The topological polar surface area (TPSA) is 81.6 Å². The van der Waals surface area contributed by atoms with Crippen molar-refractivity contribution in [1.82, 2.24) is 14.3 Å². The summed E-state index contributed by atoms with van der Waals surface area (Å²) in [6, 6.07) is 0. The Bertz CT molecular complexity index is 562. The summed E-state index contributed by atoms with van der Waals surface area (Å²) in [6.45, 7) is 4.18. The summed E-state index contributed by atoms with van der Waals surface area (Å²) in [5.41, 5.74) is 0. The summed E-state index contributed by atoms with van der Waals surface area (Å²) in [6.07, 6.45) is 3.41. The molecule has 1 unspecified atom stereocenters. The van der Waals surface area contributed by atoms with Crippen molar-refractivity contribution >= 4 is 10.0 Å². The normalized spacial score (nSPS) is 20.3. The van der Waals surface area contributed by atoms with Gasteiger partial charge in [-0.05, 0) is 20.3 Å². The van der Waals surface area contributed by atoms with Crippen LogP contribution in [0.2, 0.25) is 0 Å². The Morgan fingerprint density at radius 3 is 2.70 bits per heavy atom. The van der Waals surface area contributed by atoms with Crippen molar-refractivity contribution in [2.45, 2.75) is 31.6 Å². The molecule has 0 aliphatic carbocycles. The average molecular weight is 301 g/mol. The standard InChI is InChI=1S/C12H19N3O4S/c1-9(2)20(16,17)15-5-4-10(8-15)19-12-7-13-6-11(14-12)18-3/h6-7,9-10H,4-5,8H2,1-3H3. The van der Waals surface area contributed by atoms with Crippen molar-refractivity contribution < 1.29 is 17.9 Å². The summed E-state index contributed by atoms with van der Waals surface area (Å²) in [7, 11) is -1.72. The monoisotopic (exact) mass is 301 g/mol. The molecule has 0 bridgehead atoms. The van der Waals surface area contributed by atoms with E-state index in [1.54, 1.807) is 13.8 Å². The van der Waals surface area contributed by atoms with Gasteiger partial charge in [0, 0.05) is 6.54 Å². The Labute approximate surface area is 119 Å². The van der Waals surface area contributed by atoms with Gasteiger partial charge in [-0.25, -0.2) is 8.42 Å². The lowest BCUT2D eigenvalue weighted by molar-refractivity contribution is 0.203. The van der Waals surface area contributed by atoms with Crippen molar-refractivity contribution in [2.24, 2.45) is 0 Å². The second kappa shape index (κ2) is 5.92. The molecule has 2 heterocycles. The summed E-state index contributed by atoms with van der Waals surface area (Å²) >= 11 is 0. The second-order valence-corrected chi connectivity index (χ2v) is 7.37. The van der Waals surface area contributed by atoms with E-state index in [1.165, 1.54) is 23.8 Å². The Hall–Kier alpha value is -1.41. The molecule has 1 aromatic rings. The molecule has 0 saturated carbocycles. The smallest absolute Gasteiger partial charge is 0.235 e. The van der Waals surface area contributed by atoms with E-state index in [4.69, 9.17) is 9.47 Å². The predicted molar refractivity (Wildman–Crippen MR) is 73.2 cm³/mol. The van der Waals surface area contributed by atoms with Crippen LogP contribution in [-0.2, 0) is 10.0 Å².